The van der Waals surface area contributed by atoms with Gasteiger partial charge >= 0.3 is 24.2 Å². The van der Waals surface area contributed by atoms with Gasteiger partial charge in [0.2, 0.25) is 0 Å². The molecule has 0 bridgehead atoms. The van der Waals surface area contributed by atoms with Crippen LogP contribution in [0.2, 0.25) is 0 Å². The van der Waals surface area contributed by atoms with E-state index in [0.29, 0.717) is 11.1 Å². The normalized spacial score (nSPS) is 11.3. The summed E-state index contributed by atoms with van der Waals surface area (Å²) < 4.78 is 77.5. The molecule has 3 aromatic carbocycles. The van der Waals surface area contributed by atoms with Crippen LogP contribution in [0.15, 0.2) is 98.1 Å². The van der Waals surface area contributed by atoms with E-state index in [1.54, 1.807) is 0 Å². The zero-order valence-corrected chi connectivity index (χ0v) is 19.9. The lowest BCUT2D eigenvalue weighted by atomic mass is 10.1. The van der Waals surface area contributed by atoms with E-state index < -0.39 is 35.3 Å². The molecule has 0 radical (unpaired) electrons. The van der Waals surface area contributed by atoms with Gasteiger partial charge in [0.15, 0.2) is 0 Å². The molecule has 0 spiro atoms. The first kappa shape index (κ1) is 28.0. The molecule has 3 aromatic rings. The van der Waals surface area contributed by atoms with E-state index in [-0.39, 0.29) is 24.7 Å². The molecule has 0 aliphatic carbocycles. The molecule has 0 atom stereocenters. The van der Waals surface area contributed by atoms with Gasteiger partial charge in [-0.15, -0.1) is 0 Å². The van der Waals surface area contributed by atoms with Crippen molar-refractivity contribution in [1.29, 1.82) is 0 Å². The fourth-order valence-corrected chi connectivity index (χ4v) is 3.01. The predicted molar refractivity (Wildman–Crippen MR) is 128 cm³/mol. The van der Waals surface area contributed by atoms with Crippen LogP contribution < -0.4 is 9.47 Å². The summed E-state index contributed by atoms with van der Waals surface area (Å²) in [6.45, 7) is 6.30. The van der Waals surface area contributed by atoms with Gasteiger partial charge in [0.05, 0.1) is 11.1 Å². The third-order valence-corrected chi connectivity index (χ3v) is 4.99. The molecular formula is C28H22F4O6. The Kier molecular flexibility index (Phi) is 8.90. The largest absolute Gasteiger partial charge is 0.458 e. The molecule has 0 aromatic heterocycles. The fraction of sp³-hybridized carbons (Fsp3) is 0.143. The number of hydrogen-bond donors (Lipinski definition) is 0. The van der Waals surface area contributed by atoms with Gasteiger partial charge in [-0.25, -0.2) is 9.59 Å². The Morgan fingerprint density at radius 2 is 0.921 bits per heavy atom. The third kappa shape index (κ3) is 7.70. The number of benzene rings is 3. The Hall–Kier alpha value is -4.60. The molecule has 0 unspecified atom stereocenters. The molecule has 198 valence electrons. The maximum absolute atomic E-state index is 14.6. The number of carbonyl (C=O) groups is 2. The van der Waals surface area contributed by atoms with Crippen molar-refractivity contribution in [3.8, 4) is 11.5 Å². The van der Waals surface area contributed by atoms with Crippen LogP contribution in [-0.4, -0.2) is 11.9 Å². The van der Waals surface area contributed by atoms with Crippen molar-refractivity contribution in [2.75, 3.05) is 0 Å². The van der Waals surface area contributed by atoms with Gasteiger partial charge in [-0.05, 0) is 59.7 Å². The number of hydrogen-bond acceptors (Lipinski definition) is 6. The van der Waals surface area contributed by atoms with Crippen molar-refractivity contribution in [2.45, 2.75) is 25.4 Å². The molecule has 0 amide bonds. The first-order valence-electron chi connectivity index (χ1n) is 11.0. The van der Waals surface area contributed by atoms with Crippen molar-refractivity contribution in [2.24, 2.45) is 0 Å². The fourth-order valence-electron chi connectivity index (χ4n) is 3.01. The second kappa shape index (κ2) is 12.1. The summed E-state index contributed by atoms with van der Waals surface area (Å²) in [6.07, 6.45) is -5.49. The van der Waals surface area contributed by atoms with Crippen LogP contribution in [0.3, 0.4) is 0 Å². The molecule has 0 saturated carbocycles. The summed E-state index contributed by atoms with van der Waals surface area (Å²) in [6, 6.07) is 14.1. The number of rotatable bonds is 12. The monoisotopic (exact) mass is 530 g/mol. The zero-order chi connectivity index (χ0) is 27.8. The van der Waals surface area contributed by atoms with Crippen LogP contribution in [0, 0.1) is 0 Å². The Labute approximate surface area is 215 Å². The first-order valence-corrected chi connectivity index (χ1v) is 11.0. The second-order valence-electron chi connectivity index (χ2n) is 7.73. The highest BCUT2D eigenvalue weighted by Crippen LogP contribution is 2.35. The Morgan fingerprint density at radius 1 is 0.605 bits per heavy atom. The van der Waals surface area contributed by atoms with Crippen LogP contribution in [0.4, 0.5) is 17.6 Å². The molecule has 0 aliphatic heterocycles. The minimum Gasteiger partial charge on any atom is -0.458 e. The average molecular weight is 530 g/mol. The molecule has 3 rings (SSSR count). The molecule has 38 heavy (non-hydrogen) atoms. The number of esters is 2. The average Bonchev–Trinajstić information content (AvgIpc) is 2.91. The lowest BCUT2D eigenvalue weighted by Crippen LogP contribution is -2.22. The van der Waals surface area contributed by atoms with Crippen molar-refractivity contribution in [1.82, 2.24) is 0 Å². The SMILES string of the molecule is C=CC(=O)OCc1ccc(C(F)(F)Oc2ccc(OC(F)(F)c3ccc(COC(=O)C=C)cc3)cc2)cc1. The van der Waals surface area contributed by atoms with E-state index in [2.05, 4.69) is 13.2 Å². The molecular weight excluding hydrogens is 508 g/mol. The number of ether oxygens (including phenoxy) is 4. The van der Waals surface area contributed by atoms with Crippen molar-refractivity contribution >= 4 is 11.9 Å². The lowest BCUT2D eigenvalue weighted by Gasteiger charge is -2.20. The smallest absolute Gasteiger partial charge is 0.426 e. The first-order chi connectivity index (χ1) is 18.0. The zero-order valence-electron chi connectivity index (χ0n) is 19.9. The van der Waals surface area contributed by atoms with Crippen LogP contribution >= 0.6 is 0 Å². The van der Waals surface area contributed by atoms with Crippen LogP contribution in [0.1, 0.15) is 22.3 Å². The molecule has 0 fully saturated rings. The lowest BCUT2D eigenvalue weighted by molar-refractivity contribution is -0.188. The van der Waals surface area contributed by atoms with Crippen molar-refractivity contribution in [3.05, 3.63) is 120 Å². The van der Waals surface area contributed by atoms with Crippen LogP contribution in [-0.2, 0) is 44.5 Å². The Morgan fingerprint density at radius 3 is 1.21 bits per heavy atom. The topological polar surface area (TPSA) is 71.1 Å². The number of halogens is 4. The van der Waals surface area contributed by atoms with Crippen molar-refractivity contribution < 1.29 is 46.1 Å². The standard InChI is InChI=1S/C28H22F4O6/c1-3-25(33)35-17-19-5-9-21(10-6-19)27(29,30)37-23-13-15-24(16-14-23)38-28(31,32)22-11-7-20(8-12-22)18-36-26(34)4-2/h3-16H,1-2,17-18H2. The van der Waals surface area contributed by atoms with Gasteiger partial charge in [-0.1, -0.05) is 37.4 Å². The molecule has 10 heteroatoms. The maximum Gasteiger partial charge on any atom is 0.426 e. The minimum absolute atomic E-state index is 0.112. The minimum atomic E-state index is -3.73. The predicted octanol–water partition coefficient (Wildman–Crippen LogP) is 6.40. The van der Waals surface area contributed by atoms with E-state index >= 15 is 0 Å². The quantitative estimate of drug-likeness (QED) is 0.153. The molecule has 0 N–H and O–H groups in total. The molecule has 0 aliphatic rings. The van der Waals surface area contributed by atoms with Crippen LogP contribution in [0.25, 0.3) is 0 Å². The van der Waals surface area contributed by atoms with Gasteiger partial charge in [-0.3, -0.25) is 0 Å². The number of alkyl halides is 4. The third-order valence-electron chi connectivity index (χ3n) is 4.99. The summed E-state index contributed by atoms with van der Waals surface area (Å²) >= 11 is 0. The van der Waals surface area contributed by atoms with Gasteiger partial charge in [0, 0.05) is 12.2 Å². The Bertz CT molecular complexity index is 1170. The highest BCUT2D eigenvalue weighted by atomic mass is 19.3. The van der Waals surface area contributed by atoms with Gasteiger partial charge < -0.3 is 18.9 Å². The van der Waals surface area contributed by atoms with Crippen molar-refractivity contribution in [3.63, 3.8) is 0 Å². The summed E-state index contributed by atoms with van der Waals surface area (Å²) in [7, 11) is 0. The van der Waals surface area contributed by atoms with E-state index in [1.807, 2.05) is 0 Å². The highest BCUT2D eigenvalue weighted by Gasteiger charge is 2.36. The van der Waals surface area contributed by atoms with Crippen LogP contribution in [0.5, 0.6) is 11.5 Å². The van der Waals surface area contributed by atoms with Gasteiger partial charge in [0.25, 0.3) is 0 Å². The summed E-state index contributed by atoms with van der Waals surface area (Å²) in [5.41, 5.74) is 0.0256. The molecule has 6 nitrogen and oxygen atoms in total. The van der Waals surface area contributed by atoms with E-state index in [0.717, 1.165) is 60.7 Å². The molecule has 0 saturated heterocycles. The van der Waals surface area contributed by atoms with E-state index in [9.17, 15) is 27.2 Å². The van der Waals surface area contributed by atoms with Gasteiger partial charge in [0.1, 0.15) is 24.7 Å². The summed E-state index contributed by atoms with van der Waals surface area (Å²) in [5, 5.41) is 0. The number of carbonyl (C=O) groups excluding carboxylic acids is 2. The molecule has 0 heterocycles. The summed E-state index contributed by atoms with van der Waals surface area (Å²) in [4.78, 5) is 22.2. The second-order valence-corrected chi connectivity index (χ2v) is 7.73. The van der Waals surface area contributed by atoms with Gasteiger partial charge in [-0.2, -0.15) is 17.6 Å². The maximum atomic E-state index is 14.6. The summed E-state index contributed by atoms with van der Waals surface area (Å²) in [5.74, 6) is -1.86. The highest BCUT2D eigenvalue weighted by molar-refractivity contribution is 5.81. The van der Waals surface area contributed by atoms with E-state index in [4.69, 9.17) is 18.9 Å². The van der Waals surface area contributed by atoms with E-state index in [1.165, 1.54) is 24.3 Å². The Balaban J connectivity index is 1.60.